The molecule has 38 heavy (non-hydrogen) atoms. The zero-order valence-electron chi connectivity index (χ0n) is 18.9. The molecule has 0 saturated heterocycles. The average Bonchev–Trinajstić information content (AvgIpc) is 2.77. The van der Waals surface area contributed by atoms with Gasteiger partial charge in [0, 0.05) is 41.3 Å². The van der Waals surface area contributed by atoms with Crippen LogP contribution in [0.4, 0.5) is 5.69 Å². The number of hydrazine groups is 1. The first-order valence-electron chi connectivity index (χ1n) is 9.28. The van der Waals surface area contributed by atoms with E-state index >= 15 is 0 Å². The Bertz CT molecular complexity index is 1610. The average molecular weight is 632 g/mol. The van der Waals surface area contributed by atoms with Crippen LogP contribution in [0.3, 0.4) is 0 Å². The molecule has 0 fully saturated rings. The minimum absolute atomic E-state index is 0. The summed E-state index contributed by atoms with van der Waals surface area (Å²) < 4.78 is 63.8. The Morgan fingerprint density at radius 1 is 1.00 bits per heavy atom. The van der Waals surface area contributed by atoms with Crippen LogP contribution in [0.15, 0.2) is 86.5 Å². The molecule has 0 saturated carbocycles. The Kier molecular flexibility index (Phi) is 11.6. The van der Waals surface area contributed by atoms with Crippen molar-refractivity contribution in [3.8, 4) is 0 Å². The number of halogens is 1. The molecule has 19 heteroatoms. The van der Waals surface area contributed by atoms with E-state index in [1.807, 2.05) is 0 Å². The molecule has 0 aromatic heterocycles. The standard InChI is InChI=1S/C19H13ClN4O10S2.Cr.Na/c20-14-3-2-13(35(29,30)31)8-15(14)23-22-11-1-4-17(25)10(5-11)9-21-16-6-12(24(27)28)7-18(19(16)26)36(32,33)34;;/h1-9,22-23H,(H,29,30,31)(H,32,33,34);;/q;;+1/b10-9-,21-16?;;. The second kappa shape index (κ2) is 13.1. The fourth-order valence-electron chi connectivity index (χ4n) is 2.73. The van der Waals surface area contributed by atoms with Crippen molar-refractivity contribution in [1.82, 2.24) is 5.43 Å². The number of rotatable bonds is 7. The summed E-state index contributed by atoms with van der Waals surface area (Å²) in [5, 5.41) is 11.1. The molecule has 0 unspecified atom stereocenters. The van der Waals surface area contributed by atoms with Crippen molar-refractivity contribution in [2.45, 2.75) is 4.90 Å². The van der Waals surface area contributed by atoms with Crippen LogP contribution >= 0.6 is 11.6 Å². The van der Waals surface area contributed by atoms with Crippen molar-refractivity contribution in [2.75, 3.05) is 5.43 Å². The van der Waals surface area contributed by atoms with E-state index in [1.54, 1.807) is 0 Å². The predicted molar refractivity (Wildman–Crippen MR) is 125 cm³/mol. The summed E-state index contributed by atoms with van der Waals surface area (Å²) in [6, 6.07) is 3.34. The summed E-state index contributed by atoms with van der Waals surface area (Å²) in [7, 11) is -9.60. The van der Waals surface area contributed by atoms with E-state index < -0.39 is 57.9 Å². The number of Topliss-reactive ketones (excluding diaryl/α,β-unsaturated/α-hetero) is 1. The van der Waals surface area contributed by atoms with Crippen LogP contribution in [-0.4, -0.2) is 48.1 Å². The summed E-state index contributed by atoms with van der Waals surface area (Å²) in [6.45, 7) is 0. The molecule has 0 aliphatic heterocycles. The van der Waals surface area contributed by atoms with E-state index in [0.717, 1.165) is 24.4 Å². The Hall–Kier alpha value is -2.43. The molecule has 0 amide bonds. The zero-order chi connectivity index (χ0) is 26.8. The van der Waals surface area contributed by atoms with Gasteiger partial charge in [-0.2, -0.15) is 16.8 Å². The number of aliphatic imine (C=N–C) groups is 1. The Labute approximate surface area is 253 Å². The number of carbonyl (C=O) groups is 2. The number of carbonyl (C=O) groups excluding carboxylic acids is 2. The third-order valence-electron chi connectivity index (χ3n) is 4.44. The predicted octanol–water partition coefficient (Wildman–Crippen LogP) is -1.63. The molecule has 2 aliphatic rings. The summed E-state index contributed by atoms with van der Waals surface area (Å²) in [5.74, 6) is -1.92. The van der Waals surface area contributed by atoms with Gasteiger partial charge in [-0.05, 0) is 36.4 Å². The van der Waals surface area contributed by atoms with Gasteiger partial charge in [0.1, 0.15) is 5.71 Å². The molecule has 0 bridgehead atoms. The number of anilines is 1. The fraction of sp³-hybridized carbons (Fsp3) is 0. The molecule has 194 valence electrons. The number of ketones is 2. The topological polar surface area (TPSA) is 222 Å². The molecule has 14 nitrogen and oxygen atoms in total. The monoisotopic (exact) mass is 631 g/mol. The third-order valence-corrected chi connectivity index (χ3v) is 6.48. The number of nitrogens with one attached hydrogen (secondary N) is 2. The van der Waals surface area contributed by atoms with Gasteiger partial charge in [0.25, 0.3) is 25.9 Å². The van der Waals surface area contributed by atoms with Crippen molar-refractivity contribution in [3.05, 3.63) is 91.8 Å². The Morgan fingerprint density at radius 2 is 1.66 bits per heavy atom. The van der Waals surface area contributed by atoms with Crippen LogP contribution in [0.2, 0.25) is 5.02 Å². The molecule has 0 radical (unpaired) electrons. The molecule has 3 rings (SSSR count). The SMILES string of the molecule is O=C1C(S(=O)(=O)O)=CC([N+](=O)[O-])=CC1=N/C=C1/C=C(NNc2cc(S(=O)(=O)O)ccc2Cl)C=CC1=O.[Cr].[Na+]. The van der Waals surface area contributed by atoms with Crippen molar-refractivity contribution >= 4 is 54.8 Å². The van der Waals surface area contributed by atoms with Crippen molar-refractivity contribution in [3.63, 3.8) is 0 Å². The van der Waals surface area contributed by atoms with Gasteiger partial charge in [0.05, 0.1) is 26.2 Å². The quantitative estimate of drug-likeness (QED) is 0.0665. The van der Waals surface area contributed by atoms with Crippen molar-refractivity contribution < 1.29 is 87.4 Å². The van der Waals surface area contributed by atoms with Gasteiger partial charge in [-0.25, -0.2) is 0 Å². The van der Waals surface area contributed by atoms with Gasteiger partial charge < -0.3 is 5.43 Å². The number of hydrogen-bond acceptors (Lipinski definition) is 11. The second-order valence-electron chi connectivity index (χ2n) is 6.90. The maximum absolute atomic E-state index is 12.3. The molecule has 0 atom stereocenters. The maximum atomic E-state index is 12.3. The summed E-state index contributed by atoms with van der Waals surface area (Å²) >= 11 is 5.99. The first-order valence-corrected chi connectivity index (χ1v) is 12.5. The van der Waals surface area contributed by atoms with Gasteiger partial charge >= 0.3 is 29.6 Å². The van der Waals surface area contributed by atoms with Gasteiger partial charge in [0.2, 0.25) is 5.78 Å². The third kappa shape index (κ3) is 8.28. The van der Waals surface area contributed by atoms with E-state index in [1.165, 1.54) is 18.2 Å². The van der Waals surface area contributed by atoms with E-state index in [-0.39, 0.29) is 68.9 Å². The Balaban J connectivity index is 0.00000361. The zero-order valence-corrected chi connectivity index (χ0v) is 24.5. The number of allylic oxidation sites excluding steroid dienone is 7. The van der Waals surface area contributed by atoms with Crippen LogP contribution in [0.25, 0.3) is 0 Å². The molecule has 0 heterocycles. The van der Waals surface area contributed by atoms with Crippen LogP contribution in [-0.2, 0) is 47.2 Å². The fourth-order valence-corrected chi connectivity index (χ4v) is 4.01. The normalized spacial score (nSPS) is 17.6. The molecule has 1 aromatic rings. The van der Waals surface area contributed by atoms with Gasteiger partial charge in [-0.1, -0.05) is 11.6 Å². The van der Waals surface area contributed by atoms with Crippen molar-refractivity contribution in [2.24, 2.45) is 4.99 Å². The smallest absolute Gasteiger partial charge is 0.301 e. The Morgan fingerprint density at radius 3 is 2.24 bits per heavy atom. The number of benzene rings is 1. The minimum Gasteiger partial charge on any atom is -0.301 e. The molecular weight excluding hydrogens is 619 g/mol. The van der Waals surface area contributed by atoms with E-state index in [2.05, 4.69) is 15.8 Å². The number of nitro groups is 1. The molecular formula is C19H13ClCrN4NaO10S2+. The first kappa shape index (κ1) is 33.6. The van der Waals surface area contributed by atoms with E-state index in [9.17, 15) is 41.1 Å². The number of hydrogen-bond donors (Lipinski definition) is 4. The molecule has 4 N–H and O–H groups in total. The summed E-state index contributed by atoms with van der Waals surface area (Å²) in [6.07, 6.45) is 5.55. The summed E-state index contributed by atoms with van der Waals surface area (Å²) in [5.41, 5.74) is 3.80. The van der Waals surface area contributed by atoms with E-state index in [0.29, 0.717) is 12.2 Å². The van der Waals surface area contributed by atoms with Crippen LogP contribution < -0.4 is 40.4 Å². The van der Waals surface area contributed by atoms with E-state index in [4.69, 9.17) is 16.2 Å². The number of nitrogens with zero attached hydrogens (tertiary/aromatic N) is 2. The van der Waals surface area contributed by atoms with Gasteiger partial charge in [0.15, 0.2) is 10.7 Å². The van der Waals surface area contributed by atoms with Crippen molar-refractivity contribution in [1.29, 1.82) is 0 Å². The first-order chi connectivity index (χ1) is 16.7. The second-order valence-corrected chi connectivity index (χ2v) is 10.1. The van der Waals surface area contributed by atoms with Crippen LogP contribution in [0.5, 0.6) is 0 Å². The minimum atomic E-state index is -5.09. The molecule has 0 spiro atoms. The molecule has 1 aromatic carbocycles. The van der Waals surface area contributed by atoms with Crippen LogP contribution in [0, 0.1) is 10.1 Å². The van der Waals surface area contributed by atoms with Gasteiger partial charge in [-0.15, -0.1) is 0 Å². The summed E-state index contributed by atoms with van der Waals surface area (Å²) in [4.78, 5) is 36.5. The molecule has 2 aliphatic carbocycles. The van der Waals surface area contributed by atoms with Gasteiger partial charge in [-0.3, -0.25) is 39.2 Å². The van der Waals surface area contributed by atoms with Crippen LogP contribution in [0.1, 0.15) is 0 Å². The largest absolute Gasteiger partial charge is 1.00 e. The maximum Gasteiger partial charge on any atom is 1.00 e.